The van der Waals surface area contributed by atoms with E-state index in [4.69, 9.17) is 4.74 Å². The number of hydrogen-bond donors (Lipinski definition) is 1. The van der Waals surface area contributed by atoms with Crippen LogP contribution >= 0.6 is 0 Å². The normalized spacial score (nSPS) is 20.0. The van der Waals surface area contributed by atoms with Crippen LogP contribution in [0.1, 0.15) is 56.0 Å². The Bertz CT molecular complexity index is 428. The SMILES string of the molecule is CCOC1CCCN(C(=O)c2n[nH]c(C(C)C)n2)C1. The lowest BCUT2D eigenvalue weighted by molar-refractivity contribution is 0.00682. The quantitative estimate of drug-likeness (QED) is 0.898. The van der Waals surface area contributed by atoms with Crippen LogP contribution < -0.4 is 0 Å². The minimum absolute atomic E-state index is 0.104. The maximum atomic E-state index is 12.3. The van der Waals surface area contributed by atoms with E-state index in [1.165, 1.54) is 0 Å². The van der Waals surface area contributed by atoms with E-state index >= 15 is 0 Å². The number of H-pyrrole nitrogens is 1. The lowest BCUT2D eigenvalue weighted by atomic mass is 10.1. The van der Waals surface area contributed by atoms with Gasteiger partial charge in [-0.2, -0.15) is 0 Å². The maximum absolute atomic E-state index is 12.3. The second kappa shape index (κ2) is 6.14. The molecule has 0 aromatic carbocycles. The number of rotatable bonds is 4. The van der Waals surface area contributed by atoms with Gasteiger partial charge in [0.1, 0.15) is 5.82 Å². The zero-order valence-corrected chi connectivity index (χ0v) is 11.8. The number of aromatic amines is 1. The number of ether oxygens (including phenoxy) is 1. The second-order valence-corrected chi connectivity index (χ2v) is 5.17. The van der Waals surface area contributed by atoms with Gasteiger partial charge in [-0.3, -0.25) is 9.89 Å². The molecule has 106 valence electrons. The van der Waals surface area contributed by atoms with E-state index in [1.54, 1.807) is 4.90 Å². The Labute approximate surface area is 113 Å². The van der Waals surface area contributed by atoms with Crippen molar-refractivity contribution >= 4 is 5.91 Å². The Balaban J connectivity index is 2.01. The first kappa shape index (κ1) is 14.0. The van der Waals surface area contributed by atoms with E-state index in [0.717, 1.165) is 25.2 Å². The Morgan fingerprint density at radius 1 is 1.58 bits per heavy atom. The van der Waals surface area contributed by atoms with Crippen molar-refractivity contribution in [1.82, 2.24) is 20.1 Å². The summed E-state index contributed by atoms with van der Waals surface area (Å²) in [4.78, 5) is 18.4. The number of piperidine rings is 1. The minimum Gasteiger partial charge on any atom is -0.377 e. The highest BCUT2D eigenvalue weighted by Gasteiger charge is 2.27. The third-order valence-corrected chi connectivity index (χ3v) is 3.31. The van der Waals surface area contributed by atoms with Crippen molar-refractivity contribution in [2.45, 2.75) is 45.6 Å². The largest absolute Gasteiger partial charge is 0.377 e. The van der Waals surface area contributed by atoms with Gasteiger partial charge in [-0.05, 0) is 19.8 Å². The number of aromatic nitrogens is 3. The fourth-order valence-corrected chi connectivity index (χ4v) is 2.26. The van der Waals surface area contributed by atoms with Crippen LogP contribution in [-0.2, 0) is 4.74 Å². The number of carbonyl (C=O) groups is 1. The Morgan fingerprint density at radius 2 is 2.37 bits per heavy atom. The summed E-state index contributed by atoms with van der Waals surface area (Å²) in [7, 11) is 0. The van der Waals surface area contributed by atoms with Crippen molar-refractivity contribution in [2.75, 3.05) is 19.7 Å². The molecule has 1 saturated heterocycles. The topological polar surface area (TPSA) is 71.1 Å². The summed E-state index contributed by atoms with van der Waals surface area (Å²) >= 11 is 0. The molecule has 0 aliphatic carbocycles. The van der Waals surface area contributed by atoms with Crippen molar-refractivity contribution in [3.63, 3.8) is 0 Å². The molecule has 2 rings (SSSR count). The van der Waals surface area contributed by atoms with E-state index in [1.807, 2.05) is 20.8 Å². The van der Waals surface area contributed by atoms with Crippen LogP contribution in [0.3, 0.4) is 0 Å². The van der Waals surface area contributed by atoms with Gasteiger partial charge in [0.25, 0.3) is 5.91 Å². The monoisotopic (exact) mass is 266 g/mol. The van der Waals surface area contributed by atoms with Crippen molar-refractivity contribution in [3.05, 3.63) is 11.6 Å². The number of likely N-dealkylation sites (tertiary alicyclic amines) is 1. The van der Waals surface area contributed by atoms with Gasteiger partial charge in [0, 0.05) is 25.6 Å². The van der Waals surface area contributed by atoms with Gasteiger partial charge in [-0.25, -0.2) is 4.98 Å². The number of nitrogens with zero attached hydrogens (tertiary/aromatic N) is 3. The van der Waals surface area contributed by atoms with Crippen molar-refractivity contribution in [2.24, 2.45) is 0 Å². The number of carbonyl (C=O) groups excluding carboxylic acids is 1. The van der Waals surface area contributed by atoms with Gasteiger partial charge in [-0.1, -0.05) is 13.8 Å². The van der Waals surface area contributed by atoms with Gasteiger partial charge in [0.05, 0.1) is 6.10 Å². The number of nitrogens with one attached hydrogen (secondary N) is 1. The summed E-state index contributed by atoms with van der Waals surface area (Å²) in [5, 5.41) is 6.84. The zero-order valence-electron chi connectivity index (χ0n) is 11.8. The third-order valence-electron chi connectivity index (χ3n) is 3.31. The maximum Gasteiger partial charge on any atom is 0.293 e. The van der Waals surface area contributed by atoms with Gasteiger partial charge < -0.3 is 9.64 Å². The molecule has 1 fully saturated rings. The standard InChI is InChI=1S/C13H22N4O2/c1-4-19-10-6-5-7-17(8-10)13(18)12-14-11(9(2)3)15-16-12/h9-10H,4-8H2,1-3H3,(H,14,15,16). The molecule has 1 aliphatic rings. The smallest absolute Gasteiger partial charge is 0.293 e. The highest BCUT2D eigenvalue weighted by Crippen LogP contribution is 2.15. The molecule has 0 saturated carbocycles. The molecular weight excluding hydrogens is 244 g/mol. The van der Waals surface area contributed by atoms with E-state index in [2.05, 4.69) is 15.2 Å². The fraction of sp³-hybridized carbons (Fsp3) is 0.769. The van der Waals surface area contributed by atoms with Crippen LogP contribution in [0.15, 0.2) is 0 Å². The predicted molar refractivity (Wildman–Crippen MR) is 71.0 cm³/mol. The Hall–Kier alpha value is -1.43. The molecule has 1 atom stereocenters. The highest BCUT2D eigenvalue weighted by atomic mass is 16.5. The van der Waals surface area contributed by atoms with Crippen molar-refractivity contribution < 1.29 is 9.53 Å². The summed E-state index contributed by atoms with van der Waals surface area (Å²) in [5.74, 6) is 1.15. The lowest BCUT2D eigenvalue weighted by Gasteiger charge is -2.31. The zero-order chi connectivity index (χ0) is 13.8. The molecule has 1 amide bonds. The second-order valence-electron chi connectivity index (χ2n) is 5.17. The molecular formula is C13H22N4O2. The summed E-state index contributed by atoms with van der Waals surface area (Å²) in [6.45, 7) is 8.09. The van der Waals surface area contributed by atoms with E-state index in [9.17, 15) is 4.79 Å². The minimum atomic E-state index is -0.104. The van der Waals surface area contributed by atoms with Crippen LogP contribution in [-0.4, -0.2) is 51.8 Å². The van der Waals surface area contributed by atoms with Crippen LogP contribution in [0.5, 0.6) is 0 Å². The van der Waals surface area contributed by atoms with E-state index in [0.29, 0.717) is 13.2 Å². The van der Waals surface area contributed by atoms with Crippen LogP contribution in [0.2, 0.25) is 0 Å². The summed E-state index contributed by atoms with van der Waals surface area (Å²) in [5.41, 5.74) is 0. The van der Waals surface area contributed by atoms with Crippen LogP contribution in [0.4, 0.5) is 0 Å². The Morgan fingerprint density at radius 3 is 3.00 bits per heavy atom. The van der Waals surface area contributed by atoms with Gasteiger partial charge in [-0.15, -0.1) is 5.10 Å². The average Bonchev–Trinajstić information content (AvgIpc) is 2.88. The molecule has 19 heavy (non-hydrogen) atoms. The average molecular weight is 266 g/mol. The first-order valence-corrected chi connectivity index (χ1v) is 6.95. The molecule has 0 bridgehead atoms. The molecule has 1 aliphatic heterocycles. The first-order chi connectivity index (χ1) is 9.11. The van der Waals surface area contributed by atoms with Gasteiger partial charge in [0.15, 0.2) is 0 Å². The van der Waals surface area contributed by atoms with Crippen molar-refractivity contribution in [3.8, 4) is 0 Å². The van der Waals surface area contributed by atoms with Crippen LogP contribution in [0.25, 0.3) is 0 Å². The summed E-state index contributed by atoms with van der Waals surface area (Å²) in [6.07, 6.45) is 2.13. The molecule has 0 radical (unpaired) electrons. The molecule has 1 aromatic heterocycles. The van der Waals surface area contributed by atoms with E-state index in [-0.39, 0.29) is 23.8 Å². The molecule has 6 nitrogen and oxygen atoms in total. The lowest BCUT2D eigenvalue weighted by Crippen LogP contribution is -2.43. The first-order valence-electron chi connectivity index (χ1n) is 6.95. The molecule has 2 heterocycles. The molecule has 6 heteroatoms. The number of hydrogen-bond acceptors (Lipinski definition) is 4. The summed E-state index contributed by atoms with van der Waals surface area (Å²) < 4.78 is 5.60. The van der Waals surface area contributed by atoms with Crippen molar-refractivity contribution in [1.29, 1.82) is 0 Å². The summed E-state index contributed by atoms with van der Waals surface area (Å²) in [6, 6.07) is 0. The molecule has 1 unspecified atom stereocenters. The molecule has 0 spiro atoms. The number of amides is 1. The van der Waals surface area contributed by atoms with Crippen LogP contribution in [0, 0.1) is 0 Å². The van der Waals surface area contributed by atoms with Gasteiger partial charge >= 0.3 is 0 Å². The fourth-order valence-electron chi connectivity index (χ4n) is 2.26. The highest BCUT2D eigenvalue weighted by molar-refractivity contribution is 5.90. The van der Waals surface area contributed by atoms with E-state index < -0.39 is 0 Å². The molecule has 1 N–H and O–H groups in total. The Kier molecular flexibility index (Phi) is 4.52. The predicted octanol–water partition coefficient (Wildman–Crippen LogP) is 1.57. The van der Waals surface area contributed by atoms with Gasteiger partial charge in [0.2, 0.25) is 5.82 Å². The third kappa shape index (κ3) is 3.32. The molecule has 1 aromatic rings.